The molecule has 0 radical (unpaired) electrons. The van der Waals surface area contributed by atoms with Gasteiger partial charge in [0.2, 0.25) is 0 Å². The van der Waals surface area contributed by atoms with E-state index in [0.29, 0.717) is 12.1 Å². The Morgan fingerprint density at radius 3 is 2.76 bits per heavy atom. The van der Waals surface area contributed by atoms with Crippen LogP contribution >= 0.6 is 15.9 Å². The largest absolute Gasteiger partial charge is 0.357 e. The Bertz CT molecular complexity index is 534. The summed E-state index contributed by atoms with van der Waals surface area (Å²) in [5, 5.41) is 2.89. The minimum atomic E-state index is -0.0682. The number of benzene rings is 1. The molecule has 1 heterocycles. The summed E-state index contributed by atoms with van der Waals surface area (Å²) in [4.78, 5) is 11.9. The standard InChI is InChI=1S/C13H13BrN2O/c1-16-7-6-10(9-16)8-15-13(17)11-4-2-3-5-12(11)14/h2-7,9H,8H2,1H3,(H,15,17). The van der Waals surface area contributed by atoms with Crippen molar-refractivity contribution in [3.05, 3.63) is 58.3 Å². The Balaban J connectivity index is 2.01. The molecule has 3 nitrogen and oxygen atoms in total. The molecule has 0 fully saturated rings. The number of nitrogens with zero attached hydrogens (tertiary/aromatic N) is 1. The molecule has 1 N–H and O–H groups in total. The lowest BCUT2D eigenvalue weighted by Crippen LogP contribution is -2.22. The van der Waals surface area contributed by atoms with E-state index in [1.54, 1.807) is 6.07 Å². The van der Waals surface area contributed by atoms with Crippen molar-refractivity contribution in [1.29, 1.82) is 0 Å². The molecule has 0 unspecified atom stereocenters. The summed E-state index contributed by atoms with van der Waals surface area (Å²) >= 11 is 3.36. The van der Waals surface area contributed by atoms with Gasteiger partial charge in [-0.2, -0.15) is 0 Å². The maximum absolute atomic E-state index is 11.9. The number of halogens is 1. The highest BCUT2D eigenvalue weighted by molar-refractivity contribution is 9.10. The van der Waals surface area contributed by atoms with Crippen LogP contribution in [0, 0.1) is 0 Å². The molecule has 17 heavy (non-hydrogen) atoms. The van der Waals surface area contributed by atoms with E-state index in [4.69, 9.17) is 0 Å². The first-order valence-electron chi connectivity index (χ1n) is 5.30. The lowest BCUT2D eigenvalue weighted by molar-refractivity contribution is 0.0950. The van der Waals surface area contributed by atoms with Gasteiger partial charge >= 0.3 is 0 Å². The molecule has 2 rings (SSSR count). The first-order chi connectivity index (χ1) is 8.16. The van der Waals surface area contributed by atoms with Gasteiger partial charge in [0.05, 0.1) is 5.56 Å². The molecular weight excluding hydrogens is 280 g/mol. The van der Waals surface area contributed by atoms with E-state index in [0.717, 1.165) is 10.0 Å². The van der Waals surface area contributed by atoms with Crippen LogP contribution in [0.4, 0.5) is 0 Å². The van der Waals surface area contributed by atoms with E-state index in [2.05, 4.69) is 21.2 Å². The molecule has 0 atom stereocenters. The van der Waals surface area contributed by atoms with Crippen LogP contribution in [0.2, 0.25) is 0 Å². The van der Waals surface area contributed by atoms with Crippen molar-refractivity contribution in [2.75, 3.05) is 0 Å². The summed E-state index contributed by atoms with van der Waals surface area (Å²) in [7, 11) is 1.96. The zero-order valence-corrected chi connectivity index (χ0v) is 11.1. The van der Waals surface area contributed by atoms with E-state index in [1.165, 1.54) is 0 Å². The molecule has 1 aromatic heterocycles. The van der Waals surface area contributed by atoms with Crippen LogP contribution in [-0.2, 0) is 13.6 Å². The highest BCUT2D eigenvalue weighted by Gasteiger charge is 2.08. The maximum atomic E-state index is 11.9. The molecule has 1 amide bonds. The number of aromatic nitrogens is 1. The fraction of sp³-hybridized carbons (Fsp3) is 0.154. The minimum Gasteiger partial charge on any atom is -0.357 e. The molecule has 0 aliphatic rings. The summed E-state index contributed by atoms with van der Waals surface area (Å²) in [5.41, 5.74) is 1.75. The zero-order chi connectivity index (χ0) is 12.3. The average molecular weight is 293 g/mol. The molecule has 0 spiro atoms. The van der Waals surface area contributed by atoms with Crippen molar-refractivity contribution in [2.45, 2.75) is 6.54 Å². The van der Waals surface area contributed by atoms with Crippen LogP contribution < -0.4 is 5.32 Å². The van der Waals surface area contributed by atoms with Crippen LogP contribution in [0.1, 0.15) is 15.9 Å². The van der Waals surface area contributed by atoms with Crippen molar-refractivity contribution in [3.8, 4) is 0 Å². The van der Waals surface area contributed by atoms with Gasteiger partial charge in [-0.25, -0.2) is 0 Å². The van der Waals surface area contributed by atoms with Gasteiger partial charge in [0.15, 0.2) is 0 Å². The zero-order valence-electron chi connectivity index (χ0n) is 9.48. The van der Waals surface area contributed by atoms with Crippen LogP contribution in [0.3, 0.4) is 0 Å². The van der Waals surface area contributed by atoms with Gasteiger partial charge in [0.1, 0.15) is 0 Å². The number of carbonyl (C=O) groups excluding carboxylic acids is 1. The monoisotopic (exact) mass is 292 g/mol. The van der Waals surface area contributed by atoms with E-state index in [1.807, 2.05) is 48.3 Å². The van der Waals surface area contributed by atoms with Crippen LogP contribution in [0.5, 0.6) is 0 Å². The van der Waals surface area contributed by atoms with E-state index in [9.17, 15) is 4.79 Å². The molecular formula is C13H13BrN2O. The van der Waals surface area contributed by atoms with Gasteiger partial charge < -0.3 is 9.88 Å². The van der Waals surface area contributed by atoms with E-state index < -0.39 is 0 Å². The van der Waals surface area contributed by atoms with Crippen molar-refractivity contribution in [2.24, 2.45) is 7.05 Å². The number of nitrogens with one attached hydrogen (secondary N) is 1. The lowest BCUT2D eigenvalue weighted by atomic mass is 10.2. The molecule has 0 bridgehead atoms. The smallest absolute Gasteiger partial charge is 0.252 e. The Morgan fingerprint density at radius 2 is 2.12 bits per heavy atom. The first kappa shape index (κ1) is 11.9. The van der Waals surface area contributed by atoms with Crippen LogP contribution in [0.25, 0.3) is 0 Å². The molecule has 88 valence electrons. The molecule has 0 saturated carbocycles. The Kier molecular flexibility index (Phi) is 3.64. The third kappa shape index (κ3) is 2.97. The van der Waals surface area contributed by atoms with Crippen LogP contribution in [-0.4, -0.2) is 10.5 Å². The maximum Gasteiger partial charge on any atom is 0.252 e. The molecule has 0 aliphatic carbocycles. The van der Waals surface area contributed by atoms with Gasteiger partial charge in [-0.1, -0.05) is 12.1 Å². The second-order valence-electron chi connectivity index (χ2n) is 3.85. The highest BCUT2D eigenvalue weighted by atomic mass is 79.9. The summed E-state index contributed by atoms with van der Waals surface area (Å²) in [6.45, 7) is 0.543. The van der Waals surface area contributed by atoms with E-state index >= 15 is 0 Å². The van der Waals surface area contributed by atoms with Crippen molar-refractivity contribution in [3.63, 3.8) is 0 Å². The number of rotatable bonds is 3. The third-order valence-electron chi connectivity index (χ3n) is 2.46. The number of hydrogen-bond donors (Lipinski definition) is 1. The third-order valence-corrected chi connectivity index (χ3v) is 3.16. The highest BCUT2D eigenvalue weighted by Crippen LogP contribution is 2.15. The predicted molar refractivity (Wildman–Crippen MR) is 70.7 cm³/mol. The van der Waals surface area contributed by atoms with Gasteiger partial charge in [-0.3, -0.25) is 4.79 Å². The number of carbonyl (C=O) groups is 1. The predicted octanol–water partition coefficient (Wildman–Crippen LogP) is 2.72. The minimum absolute atomic E-state index is 0.0682. The summed E-state index contributed by atoms with van der Waals surface area (Å²) in [6, 6.07) is 9.38. The number of hydrogen-bond acceptors (Lipinski definition) is 1. The molecule has 2 aromatic rings. The van der Waals surface area contributed by atoms with Crippen molar-refractivity contribution in [1.82, 2.24) is 9.88 Å². The normalized spacial score (nSPS) is 10.2. The van der Waals surface area contributed by atoms with Crippen molar-refractivity contribution >= 4 is 21.8 Å². The number of amides is 1. The summed E-state index contributed by atoms with van der Waals surface area (Å²) in [5.74, 6) is -0.0682. The fourth-order valence-electron chi connectivity index (χ4n) is 1.59. The van der Waals surface area contributed by atoms with Crippen LogP contribution in [0.15, 0.2) is 47.2 Å². The van der Waals surface area contributed by atoms with Gasteiger partial charge in [-0.05, 0) is 39.7 Å². The van der Waals surface area contributed by atoms with Gasteiger partial charge in [0, 0.05) is 30.5 Å². The molecule has 0 aliphatic heterocycles. The molecule has 4 heteroatoms. The second kappa shape index (κ2) is 5.19. The SMILES string of the molecule is Cn1ccc(CNC(=O)c2ccccc2Br)c1. The summed E-state index contributed by atoms with van der Waals surface area (Å²) in [6.07, 6.45) is 3.94. The van der Waals surface area contributed by atoms with E-state index in [-0.39, 0.29) is 5.91 Å². The summed E-state index contributed by atoms with van der Waals surface area (Å²) < 4.78 is 2.77. The quantitative estimate of drug-likeness (QED) is 0.927. The van der Waals surface area contributed by atoms with Gasteiger partial charge in [-0.15, -0.1) is 0 Å². The second-order valence-corrected chi connectivity index (χ2v) is 4.70. The Labute approximate surface area is 109 Å². The topological polar surface area (TPSA) is 34.0 Å². The Morgan fingerprint density at radius 1 is 1.35 bits per heavy atom. The fourth-order valence-corrected chi connectivity index (χ4v) is 2.05. The van der Waals surface area contributed by atoms with Gasteiger partial charge in [0.25, 0.3) is 5.91 Å². The first-order valence-corrected chi connectivity index (χ1v) is 6.09. The lowest BCUT2D eigenvalue weighted by Gasteiger charge is -2.05. The van der Waals surface area contributed by atoms with Crippen molar-refractivity contribution < 1.29 is 4.79 Å². The number of aryl methyl sites for hydroxylation is 1. The average Bonchev–Trinajstić information content (AvgIpc) is 2.73. The molecule has 0 saturated heterocycles. The Hall–Kier alpha value is -1.55. The molecule has 1 aromatic carbocycles.